The topological polar surface area (TPSA) is 58.2 Å². The van der Waals surface area contributed by atoms with Crippen LogP contribution < -0.4 is 10.0 Å². The first-order valence-corrected chi connectivity index (χ1v) is 8.48. The molecule has 0 aromatic heterocycles. The zero-order valence-corrected chi connectivity index (χ0v) is 11.0. The van der Waals surface area contributed by atoms with E-state index in [1.807, 2.05) is 0 Å². The van der Waals surface area contributed by atoms with E-state index in [1.165, 1.54) is 6.42 Å². The molecule has 1 unspecified atom stereocenters. The lowest BCUT2D eigenvalue weighted by atomic mass is 9.79. The summed E-state index contributed by atoms with van der Waals surface area (Å²) in [5.74, 6) is 2.28. The summed E-state index contributed by atoms with van der Waals surface area (Å²) < 4.78 is 26.8. The molecule has 1 heterocycles. The van der Waals surface area contributed by atoms with E-state index in [4.69, 9.17) is 0 Å². The lowest BCUT2D eigenvalue weighted by Crippen LogP contribution is -2.41. The number of rotatable bonds is 4. The van der Waals surface area contributed by atoms with Crippen molar-refractivity contribution in [3.05, 3.63) is 0 Å². The average molecular weight is 258 g/mol. The van der Waals surface area contributed by atoms with Gasteiger partial charge in [-0.15, -0.1) is 0 Å². The van der Waals surface area contributed by atoms with Crippen molar-refractivity contribution in [1.29, 1.82) is 0 Å². The van der Waals surface area contributed by atoms with Gasteiger partial charge in [-0.2, -0.15) is 0 Å². The Morgan fingerprint density at radius 2 is 1.82 bits per heavy atom. The monoisotopic (exact) mass is 258 g/mol. The van der Waals surface area contributed by atoms with Gasteiger partial charge in [0.2, 0.25) is 10.0 Å². The zero-order valence-electron chi connectivity index (χ0n) is 10.2. The Labute approximate surface area is 104 Å². The first kappa shape index (κ1) is 11.9. The Bertz CT molecular complexity index is 378. The van der Waals surface area contributed by atoms with Crippen LogP contribution in [0.3, 0.4) is 0 Å². The predicted molar refractivity (Wildman–Crippen MR) is 67.1 cm³/mol. The fourth-order valence-electron chi connectivity index (χ4n) is 3.30. The molecule has 98 valence electrons. The van der Waals surface area contributed by atoms with Crippen LogP contribution in [0, 0.1) is 17.8 Å². The molecule has 0 aromatic rings. The summed E-state index contributed by atoms with van der Waals surface area (Å²) in [6.07, 6.45) is 5.42. The van der Waals surface area contributed by atoms with Gasteiger partial charge in [0.05, 0.1) is 5.75 Å². The van der Waals surface area contributed by atoms with Crippen LogP contribution in [0.1, 0.15) is 32.1 Å². The Hall–Kier alpha value is -0.130. The fourth-order valence-corrected chi connectivity index (χ4v) is 5.08. The van der Waals surface area contributed by atoms with Crippen LogP contribution >= 0.6 is 0 Å². The number of nitrogens with one attached hydrogen (secondary N) is 2. The minimum Gasteiger partial charge on any atom is -0.316 e. The molecule has 3 fully saturated rings. The SMILES string of the molecule is O=S(=O)(CC1CC1)NC1CC[C@H]2CNC[C@H]2C1. The molecular weight excluding hydrogens is 236 g/mol. The quantitative estimate of drug-likeness (QED) is 0.780. The van der Waals surface area contributed by atoms with Gasteiger partial charge >= 0.3 is 0 Å². The molecule has 1 aliphatic heterocycles. The Kier molecular flexibility index (Phi) is 3.17. The second-order valence-electron chi connectivity index (χ2n) is 6.03. The molecule has 17 heavy (non-hydrogen) atoms. The largest absolute Gasteiger partial charge is 0.316 e. The third-order valence-corrected chi connectivity index (χ3v) is 6.05. The highest BCUT2D eigenvalue weighted by Crippen LogP contribution is 2.34. The van der Waals surface area contributed by atoms with E-state index in [1.54, 1.807) is 0 Å². The van der Waals surface area contributed by atoms with Gasteiger partial charge in [-0.3, -0.25) is 0 Å². The molecule has 3 atom stereocenters. The second-order valence-corrected chi connectivity index (χ2v) is 7.83. The summed E-state index contributed by atoms with van der Waals surface area (Å²) >= 11 is 0. The zero-order chi connectivity index (χ0) is 11.9. The summed E-state index contributed by atoms with van der Waals surface area (Å²) in [5.41, 5.74) is 0. The first-order valence-electron chi connectivity index (χ1n) is 6.83. The van der Waals surface area contributed by atoms with Crippen molar-refractivity contribution in [1.82, 2.24) is 10.0 Å². The highest BCUT2D eigenvalue weighted by molar-refractivity contribution is 7.89. The van der Waals surface area contributed by atoms with Gasteiger partial charge < -0.3 is 5.32 Å². The normalized spacial score (nSPS) is 38.0. The van der Waals surface area contributed by atoms with Crippen molar-refractivity contribution in [2.75, 3.05) is 18.8 Å². The molecule has 3 rings (SSSR count). The molecule has 5 heteroatoms. The number of hydrogen-bond donors (Lipinski definition) is 2. The predicted octanol–water partition coefficient (Wildman–Crippen LogP) is 0.704. The highest BCUT2D eigenvalue weighted by atomic mass is 32.2. The minimum absolute atomic E-state index is 0.194. The summed E-state index contributed by atoms with van der Waals surface area (Å²) in [6, 6.07) is 0.194. The van der Waals surface area contributed by atoms with E-state index in [0.717, 1.165) is 44.7 Å². The van der Waals surface area contributed by atoms with Crippen molar-refractivity contribution >= 4 is 10.0 Å². The molecule has 0 aromatic carbocycles. The van der Waals surface area contributed by atoms with E-state index in [-0.39, 0.29) is 6.04 Å². The molecule has 2 saturated carbocycles. The van der Waals surface area contributed by atoms with E-state index in [9.17, 15) is 8.42 Å². The Balaban J connectivity index is 1.54. The summed E-state index contributed by atoms with van der Waals surface area (Å²) in [7, 11) is -3.02. The van der Waals surface area contributed by atoms with Gasteiger partial charge in [0.25, 0.3) is 0 Å². The highest BCUT2D eigenvalue weighted by Gasteiger charge is 2.36. The molecule has 2 N–H and O–H groups in total. The van der Waals surface area contributed by atoms with Crippen molar-refractivity contribution in [3.8, 4) is 0 Å². The molecule has 0 radical (unpaired) electrons. The van der Waals surface area contributed by atoms with Crippen LogP contribution in [0.25, 0.3) is 0 Å². The maximum absolute atomic E-state index is 11.9. The van der Waals surface area contributed by atoms with Gasteiger partial charge in [0.1, 0.15) is 0 Å². The smallest absolute Gasteiger partial charge is 0.212 e. The molecule has 0 amide bonds. The van der Waals surface area contributed by atoms with E-state index in [2.05, 4.69) is 10.0 Å². The van der Waals surface area contributed by atoms with E-state index in [0.29, 0.717) is 17.6 Å². The van der Waals surface area contributed by atoms with Gasteiger partial charge in [-0.1, -0.05) is 0 Å². The number of fused-ring (bicyclic) bond motifs is 1. The van der Waals surface area contributed by atoms with Crippen molar-refractivity contribution in [2.45, 2.75) is 38.1 Å². The molecule has 1 saturated heterocycles. The minimum atomic E-state index is -3.02. The lowest BCUT2D eigenvalue weighted by Gasteiger charge is -2.31. The van der Waals surface area contributed by atoms with Gasteiger partial charge in [-0.05, 0) is 62.9 Å². The van der Waals surface area contributed by atoms with Crippen LogP contribution in [-0.2, 0) is 10.0 Å². The summed E-state index contributed by atoms with van der Waals surface area (Å²) in [5, 5.41) is 3.41. The van der Waals surface area contributed by atoms with Gasteiger partial charge in [0, 0.05) is 6.04 Å². The average Bonchev–Trinajstić information content (AvgIpc) is 2.93. The van der Waals surface area contributed by atoms with E-state index < -0.39 is 10.0 Å². The Morgan fingerprint density at radius 3 is 2.59 bits per heavy atom. The van der Waals surface area contributed by atoms with Crippen LogP contribution in [0.2, 0.25) is 0 Å². The van der Waals surface area contributed by atoms with Crippen LogP contribution in [0.15, 0.2) is 0 Å². The molecule has 0 spiro atoms. The maximum Gasteiger partial charge on any atom is 0.212 e. The summed E-state index contributed by atoms with van der Waals surface area (Å²) in [6.45, 7) is 2.21. The molecule has 0 bridgehead atoms. The fraction of sp³-hybridized carbons (Fsp3) is 1.00. The number of hydrogen-bond acceptors (Lipinski definition) is 3. The maximum atomic E-state index is 11.9. The van der Waals surface area contributed by atoms with Gasteiger partial charge in [0.15, 0.2) is 0 Å². The lowest BCUT2D eigenvalue weighted by molar-refractivity contribution is 0.260. The number of sulfonamides is 1. The molecule has 2 aliphatic carbocycles. The molecular formula is C12H22N2O2S. The Morgan fingerprint density at radius 1 is 1.06 bits per heavy atom. The molecule has 4 nitrogen and oxygen atoms in total. The van der Waals surface area contributed by atoms with Gasteiger partial charge in [-0.25, -0.2) is 13.1 Å². The van der Waals surface area contributed by atoms with Crippen LogP contribution in [0.5, 0.6) is 0 Å². The first-order chi connectivity index (χ1) is 8.12. The molecule has 3 aliphatic rings. The van der Waals surface area contributed by atoms with E-state index >= 15 is 0 Å². The standard InChI is InChI=1S/C12H22N2O2S/c15-17(16,8-9-1-2-9)14-12-4-3-10-6-13-7-11(10)5-12/h9-14H,1-8H2/t10-,11+,12?/m0/s1. The summed E-state index contributed by atoms with van der Waals surface area (Å²) in [4.78, 5) is 0. The van der Waals surface area contributed by atoms with Crippen molar-refractivity contribution in [3.63, 3.8) is 0 Å². The second kappa shape index (κ2) is 4.52. The van der Waals surface area contributed by atoms with Crippen molar-refractivity contribution < 1.29 is 8.42 Å². The third-order valence-electron chi connectivity index (χ3n) is 4.45. The van der Waals surface area contributed by atoms with Crippen molar-refractivity contribution in [2.24, 2.45) is 17.8 Å². The third kappa shape index (κ3) is 3.01. The van der Waals surface area contributed by atoms with Crippen LogP contribution in [-0.4, -0.2) is 33.3 Å². The van der Waals surface area contributed by atoms with Crippen LogP contribution in [0.4, 0.5) is 0 Å².